The molecule has 0 fully saturated rings. The van der Waals surface area contributed by atoms with E-state index >= 15 is 0 Å². The average molecular weight is 237 g/mol. The van der Waals surface area contributed by atoms with E-state index in [1.165, 1.54) is 0 Å². The molecule has 2 atom stereocenters. The number of carbonyl (C=O) groups excluding carboxylic acids is 1. The standard InChI is InChI=1S/C8H15NO3S2/c1-5(13)7(10)9-6(8(11)12)3-4-14-2/h5-6,13H,3-4H2,1-2H3,(H,9,10)(H,11,12)/t5?,6-/m0/s1. The summed E-state index contributed by atoms with van der Waals surface area (Å²) in [7, 11) is 0. The van der Waals surface area contributed by atoms with Crippen LogP contribution in [-0.2, 0) is 9.59 Å². The summed E-state index contributed by atoms with van der Waals surface area (Å²) in [6.07, 6.45) is 2.32. The van der Waals surface area contributed by atoms with Gasteiger partial charge >= 0.3 is 5.97 Å². The molecule has 0 aliphatic heterocycles. The quantitative estimate of drug-likeness (QED) is 0.593. The zero-order valence-electron chi connectivity index (χ0n) is 8.19. The van der Waals surface area contributed by atoms with E-state index in [0.717, 1.165) is 0 Å². The topological polar surface area (TPSA) is 66.4 Å². The SMILES string of the molecule is CSCC[C@H](NC(=O)C(C)S)C(=O)O. The van der Waals surface area contributed by atoms with E-state index in [1.807, 2.05) is 6.26 Å². The Labute approximate surface area is 93.2 Å². The fourth-order valence-electron chi connectivity index (χ4n) is 0.785. The highest BCUT2D eigenvalue weighted by atomic mass is 32.2. The summed E-state index contributed by atoms with van der Waals surface area (Å²) >= 11 is 5.47. The van der Waals surface area contributed by atoms with Crippen molar-refractivity contribution in [3.63, 3.8) is 0 Å². The number of aliphatic carboxylic acids is 1. The van der Waals surface area contributed by atoms with Crippen LogP contribution >= 0.6 is 24.4 Å². The van der Waals surface area contributed by atoms with Crippen molar-refractivity contribution in [3.8, 4) is 0 Å². The molecular weight excluding hydrogens is 222 g/mol. The van der Waals surface area contributed by atoms with Crippen LogP contribution in [0.15, 0.2) is 0 Å². The summed E-state index contributed by atoms with van der Waals surface area (Å²) in [5.41, 5.74) is 0. The fourth-order valence-corrected chi connectivity index (χ4v) is 1.33. The lowest BCUT2D eigenvalue weighted by Gasteiger charge is -2.14. The average Bonchev–Trinajstić information content (AvgIpc) is 2.10. The number of thioether (sulfide) groups is 1. The maximum Gasteiger partial charge on any atom is 0.326 e. The monoisotopic (exact) mass is 237 g/mol. The minimum atomic E-state index is -0.999. The van der Waals surface area contributed by atoms with E-state index in [4.69, 9.17) is 5.11 Å². The van der Waals surface area contributed by atoms with Gasteiger partial charge in [-0.05, 0) is 25.4 Å². The maximum absolute atomic E-state index is 11.2. The van der Waals surface area contributed by atoms with Crippen molar-refractivity contribution in [1.29, 1.82) is 0 Å². The zero-order chi connectivity index (χ0) is 11.1. The zero-order valence-corrected chi connectivity index (χ0v) is 9.90. The summed E-state index contributed by atoms with van der Waals surface area (Å²) in [6.45, 7) is 1.60. The van der Waals surface area contributed by atoms with E-state index in [0.29, 0.717) is 12.2 Å². The summed E-state index contributed by atoms with van der Waals surface area (Å²) < 4.78 is 0. The molecule has 0 aliphatic rings. The third-order valence-electron chi connectivity index (χ3n) is 1.60. The van der Waals surface area contributed by atoms with E-state index in [9.17, 15) is 9.59 Å². The van der Waals surface area contributed by atoms with E-state index in [1.54, 1.807) is 18.7 Å². The van der Waals surface area contributed by atoms with Crippen LogP contribution in [0.2, 0.25) is 0 Å². The predicted octanol–water partition coefficient (Wildman–Crippen LogP) is 0.627. The normalized spacial score (nSPS) is 14.5. The molecule has 1 unspecified atom stereocenters. The Bertz CT molecular complexity index is 209. The molecular formula is C8H15NO3S2. The van der Waals surface area contributed by atoms with Crippen LogP contribution in [0, 0.1) is 0 Å². The van der Waals surface area contributed by atoms with Crippen molar-refractivity contribution in [2.45, 2.75) is 24.6 Å². The molecule has 0 saturated heterocycles. The minimum Gasteiger partial charge on any atom is -0.480 e. The van der Waals surface area contributed by atoms with E-state index in [2.05, 4.69) is 17.9 Å². The van der Waals surface area contributed by atoms with Gasteiger partial charge in [0, 0.05) is 0 Å². The number of hydrogen-bond donors (Lipinski definition) is 3. The van der Waals surface area contributed by atoms with Crippen molar-refractivity contribution in [2.75, 3.05) is 12.0 Å². The van der Waals surface area contributed by atoms with E-state index in [-0.39, 0.29) is 5.91 Å². The summed E-state index contributed by atoms with van der Waals surface area (Å²) in [5, 5.41) is 10.7. The highest BCUT2D eigenvalue weighted by molar-refractivity contribution is 7.98. The predicted molar refractivity (Wildman–Crippen MR) is 61.0 cm³/mol. The molecule has 0 heterocycles. The van der Waals surface area contributed by atoms with Crippen molar-refractivity contribution in [2.24, 2.45) is 0 Å². The van der Waals surface area contributed by atoms with Gasteiger partial charge in [0.05, 0.1) is 5.25 Å². The second-order valence-electron chi connectivity index (χ2n) is 2.86. The molecule has 0 aromatic rings. The van der Waals surface area contributed by atoms with Gasteiger partial charge in [0.2, 0.25) is 5.91 Å². The van der Waals surface area contributed by atoms with Crippen LogP contribution in [0.3, 0.4) is 0 Å². The number of nitrogens with one attached hydrogen (secondary N) is 1. The number of hydrogen-bond acceptors (Lipinski definition) is 4. The van der Waals surface area contributed by atoms with E-state index < -0.39 is 17.3 Å². The summed E-state index contributed by atoms with van der Waals surface area (Å²) in [5.74, 6) is -0.638. The molecule has 0 aromatic heterocycles. The Morgan fingerprint density at radius 3 is 2.50 bits per heavy atom. The molecule has 2 N–H and O–H groups in total. The third kappa shape index (κ3) is 5.39. The number of thiol groups is 1. The van der Waals surface area contributed by atoms with Crippen molar-refractivity contribution in [3.05, 3.63) is 0 Å². The van der Waals surface area contributed by atoms with Crippen molar-refractivity contribution in [1.82, 2.24) is 5.32 Å². The number of carbonyl (C=O) groups is 2. The van der Waals surface area contributed by atoms with Gasteiger partial charge in [-0.15, -0.1) is 0 Å². The molecule has 0 bridgehead atoms. The van der Waals surface area contributed by atoms with Crippen molar-refractivity contribution >= 4 is 36.3 Å². The second kappa shape index (κ2) is 7.00. The smallest absolute Gasteiger partial charge is 0.326 e. The number of amides is 1. The lowest BCUT2D eigenvalue weighted by Crippen LogP contribution is -2.43. The van der Waals surface area contributed by atoms with Gasteiger partial charge in [0.1, 0.15) is 6.04 Å². The highest BCUT2D eigenvalue weighted by Crippen LogP contribution is 2.02. The van der Waals surface area contributed by atoms with Gasteiger partial charge in [-0.3, -0.25) is 4.79 Å². The lowest BCUT2D eigenvalue weighted by molar-refractivity contribution is -0.141. The molecule has 0 spiro atoms. The Balaban J connectivity index is 4.09. The van der Waals surface area contributed by atoms with Gasteiger partial charge < -0.3 is 10.4 Å². The van der Waals surface area contributed by atoms with Gasteiger partial charge in [-0.25, -0.2) is 4.79 Å². The Morgan fingerprint density at radius 2 is 2.14 bits per heavy atom. The third-order valence-corrected chi connectivity index (χ3v) is 2.48. The first-order chi connectivity index (χ1) is 6.49. The first-order valence-corrected chi connectivity index (χ1v) is 6.10. The van der Waals surface area contributed by atoms with Crippen LogP contribution in [0.1, 0.15) is 13.3 Å². The molecule has 82 valence electrons. The molecule has 0 rings (SSSR count). The molecule has 4 nitrogen and oxygen atoms in total. The first kappa shape index (κ1) is 13.6. The number of rotatable bonds is 6. The summed E-state index contributed by atoms with van der Waals surface area (Å²) in [6, 6.07) is -0.801. The molecule has 0 radical (unpaired) electrons. The van der Waals surface area contributed by atoms with Crippen molar-refractivity contribution < 1.29 is 14.7 Å². The Hall–Kier alpha value is -0.360. The Kier molecular flexibility index (Phi) is 6.82. The van der Waals surface area contributed by atoms with Gasteiger partial charge in [0.15, 0.2) is 0 Å². The van der Waals surface area contributed by atoms with Crippen LogP contribution in [-0.4, -0.2) is 40.3 Å². The van der Waals surface area contributed by atoms with Crippen LogP contribution in [0.5, 0.6) is 0 Å². The molecule has 0 saturated carbocycles. The highest BCUT2D eigenvalue weighted by Gasteiger charge is 2.20. The fraction of sp³-hybridized carbons (Fsp3) is 0.750. The minimum absolute atomic E-state index is 0.346. The summed E-state index contributed by atoms with van der Waals surface area (Å²) in [4.78, 5) is 21.9. The molecule has 6 heteroatoms. The Morgan fingerprint density at radius 1 is 1.57 bits per heavy atom. The van der Waals surface area contributed by atoms with Gasteiger partial charge in [-0.1, -0.05) is 0 Å². The first-order valence-electron chi connectivity index (χ1n) is 4.19. The molecule has 14 heavy (non-hydrogen) atoms. The molecule has 1 amide bonds. The maximum atomic E-state index is 11.2. The van der Waals surface area contributed by atoms with Gasteiger partial charge in [0.25, 0.3) is 0 Å². The second-order valence-corrected chi connectivity index (χ2v) is 4.62. The van der Waals surface area contributed by atoms with Crippen LogP contribution in [0.4, 0.5) is 0 Å². The number of carboxylic acids is 1. The van der Waals surface area contributed by atoms with Crippen LogP contribution < -0.4 is 5.32 Å². The molecule has 0 aliphatic carbocycles. The number of carboxylic acid groups (broad SMARTS) is 1. The van der Waals surface area contributed by atoms with Crippen LogP contribution in [0.25, 0.3) is 0 Å². The van der Waals surface area contributed by atoms with Gasteiger partial charge in [-0.2, -0.15) is 24.4 Å². The molecule has 0 aromatic carbocycles. The largest absolute Gasteiger partial charge is 0.480 e. The lowest BCUT2D eigenvalue weighted by atomic mass is 10.2.